The van der Waals surface area contributed by atoms with Gasteiger partial charge >= 0.3 is 0 Å². The van der Waals surface area contributed by atoms with Crippen molar-refractivity contribution in [3.8, 4) is 11.5 Å². The minimum Gasteiger partial charge on any atom is -0.493 e. The summed E-state index contributed by atoms with van der Waals surface area (Å²) in [7, 11) is -2.51. The van der Waals surface area contributed by atoms with Crippen LogP contribution in [0.3, 0.4) is 0 Å². The van der Waals surface area contributed by atoms with E-state index >= 15 is 0 Å². The van der Waals surface area contributed by atoms with Crippen molar-refractivity contribution in [2.24, 2.45) is 5.10 Å². The van der Waals surface area contributed by atoms with Crippen LogP contribution in [0.4, 0.5) is 5.69 Å². The van der Waals surface area contributed by atoms with E-state index in [1.807, 2.05) is 25.1 Å². The molecule has 0 bridgehead atoms. The van der Waals surface area contributed by atoms with Gasteiger partial charge in [0.15, 0.2) is 11.5 Å². The van der Waals surface area contributed by atoms with Crippen LogP contribution in [0.2, 0.25) is 5.02 Å². The molecule has 0 heterocycles. The van der Waals surface area contributed by atoms with Gasteiger partial charge in [0.1, 0.15) is 13.2 Å². The topological polar surface area (TPSA) is 97.3 Å². The third-order valence-corrected chi connectivity index (χ3v) is 8.81. The predicted molar refractivity (Wildman–Crippen MR) is 169 cm³/mol. The maximum atomic E-state index is 13.6. The van der Waals surface area contributed by atoms with Crippen molar-refractivity contribution in [3.05, 3.63) is 117 Å². The smallest absolute Gasteiger partial charge is 0.264 e. The molecule has 0 radical (unpaired) electrons. The molecule has 8 nitrogen and oxygen atoms in total. The van der Waals surface area contributed by atoms with E-state index in [4.69, 9.17) is 21.1 Å². The van der Waals surface area contributed by atoms with E-state index in [1.54, 1.807) is 61.5 Å². The van der Waals surface area contributed by atoms with Crippen LogP contribution in [0.25, 0.3) is 0 Å². The van der Waals surface area contributed by atoms with Gasteiger partial charge in [0.05, 0.1) is 28.4 Å². The van der Waals surface area contributed by atoms with Crippen LogP contribution in [0.1, 0.15) is 22.3 Å². The Balaban J connectivity index is 1.49. The van der Waals surface area contributed by atoms with Gasteiger partial charge in [-0.15, -0.1) is 0 Å². The van der Waals surface area contributed by atoms with E-state index in [-0.39, 0.29) is 4.90 Å². The van der Waals surface area contributed by atoms with E-state index in [0.29, 0.717) is 38.9 Å². The number of aryl methyl sites for hydroxylation is 2. The lowest BCUT2D eigenvalue weighted by Crippen LogP contribution is -2.40. The standard InChI is InChI=1S/C31H29BrClN3O5S/c1-21-9-14-28(22(2)15-21)36(42(38,39)26-7-5-4-6-8-26)19-30(37)35-34-18-24-16-27(32)31(29(17-24)40-3)41-20-23-10-12-25(33)13-11-23/h4-18H,19-20H2,1-3H3,(H,35,37)/b34-18-. The number of sulfonamides is 1. The fourth-order valence-electron chi connectivity index (χ4n) is 4.14. The molecule has 0 atom stereocenters. The summed E-state index contributed by atoms with van der Waals surface area (Å²) < 4.78 is 40.3. The van der Waals surface area contributed by atoms with E-state index in [0.717, 1.165) is 21.0 Å². The summed E-state index contributed by atoms with van der Waals surface area (Å²) in [5.74, 6) is 0.352. The predicted octanol–water partition coefficient (Wildman–Crippen LogP) is 6.65. The molecule has 1 N–H and O–H groups in total. The van der Waals surface area contributed by atoms with Crippen LogP contribution in [0.5, 0.6) is 11.5 Å². The molecule has 218 valence electrons. The number of hydrogen-bond acceptors (Lipinski definition) is 6. The van der Waals surface area contributed by atoms with Crippen LogP contribution >= 0.6 is 27.5 Å². The molecule has 0 spiro atoms. The zero-order chi connectivity index (χ0) is 30.3. The highest BCUT2D eigenvalue weighted by Crippen LogP contribution is 2.37. The number of rotatable bonds is 11. The molecular formula is C31H29BrClN3O5S. The third-order valence-electron chi connectivity index (χ3n) is 6.19. The Kier molecular flexibility index (Phi) is 10.3. The summed E-state index contributed by atoms with van der Waals surface area (Å²) in [6, 6.07) is 24.2. The van der Waals surface area contributed by atoms with E-state index in [2.05, 4.69) is 26.5 Å². The molecule has 42 heavy (non-hydrogen) atoms. The van der Waals surface area contributed by atoms with E-state index in [1.165, 1.54) is 25.5 Å². The lowest BCUT2D eigenvalue weighted by atomic mass is 10.1. The first-order valence-corrected chi connectivity index (χ1v) is 15.4. The second kappa shape index (κ2) is 13.9. The zero-order valence-electron chi connectivity index (χ0n) is 23.2. The lowest BCUT2D eigenvalue weighted by molar-refractivity contribution is -0.119. The Morgan fingerprint density at radius 1 is 1.02 bits per heavy atom. The fourth-order valence-corrected chi connectivity index (χ4v) is 6.35. The molecule has 0 aliphatic carbocycles. The van der Waals surface area contributed by atoms with Gasteiger partial charge in [0.2, 0.25) is 0 Å². The van der Waals surface area contributed by atoms with Gasteiger partial charge in [-0.2, -0.15) is 5.10 Å². The lowest BCUT2D eigenvalue weighted by Gasteiger charge is -2.25. The molecular weight excluding hydrogens is 642 g/mol. The van der Waals surface area contributed by atoms with Gasteiger partial charge in [0.25, 0.3) is 15.9 Å². The van der Waals surface area contributed by atoms with Crippen molar-refractivity contribution < 1.29 is 22.7 Å². The molecule has 4 aromatic carbocycles. The van der Waals surface area contributed by atoms with Gasteiger partial charge in [-0.25, -0.2) is 13.8 Å². The number of halogens is 2. The molecule has 4 rings (SSSR count). The van der Waals surface area contributed by atoms with E-state index < -0.39 is 22.5 Å². The highest BCUT2D eigenvalue weighted by Gasteiger charge is 2.28. The average Bonchev–Trinajstić information content (AvgIpc) is 2.96. The first-order valence-electron chi connectivity index (χ1n) is 12.8. The van der Waals surface area contributed by atoms with Gasteiger partial charge in [-0.3, -0.25) is 9.10 Å². The number of nitrogens with one attached hydrogen (secondary N) is 1. The molecule has 0 aliphatic rings. The minimum absolute atomic E-state index is 0.0802. The fraction of sp³-hybridized carbons (Fsp3) is 0.161. The normalized spacial score (nSPS) is 11.4. The maximum absolute atomic E-state index is 13.6. The van der Waals surface area contributed by atoms with Gasteiger partial charge in [0, 0.05) is 5.02 Å². The zero-order valence-corrected chi connectivity index (χ0v) is 26.3. The van der Waals surface area contributed by atoms with Crippen molar-refractivity contribution in [2.75, 3.05) is 18.0 Å². The molecule has 4 aromatic rings. The number of carbonyl (C=O) groups excluding carboxylic acids is 1. The van der Waals surface area contributed by atoms with Crippen molar-refractivity contribution in [3.63, 3.8) is 0 Å². The second-order valence-corrected chi connectivity index (χ2v) is 12.5. The first-order chi connectivity index (χ1) is 20.1. The number of nitrogens with zero attached hydrogens (tertiary/aromatic N) is 2. The Hall–Kier alpha value is -3.86. The Labute approximate surface area is 259 Å². The van der Waals surface area contributed by atoms with Crippen LogP contribution in [-0.4, -0.2) is 34.2 Å². The van der Waals surface area contributed by atoms with Crippen molar-refractivity contribution in [1.82, 2.24) is 5.43 Å². The highest BCUT2D eigenvalue weighted by atomic mass is 79.9. The summed E-state index contributed by atoms with van der Waals surface area (Å²) >= 11 is 9.46. The highest BCUT2D eigenvalue weighted by molar-refractivity contribution is 9.10. The molecule has 0 aromatic heterocycles. The summed E-state index contributed by atoms with van der Waals surface area (Å²) in [5, 5.41) is 4.69. The van der Waals surface area contributed by atoms with Crippen molar-refractivity contribution in [1.29, 1.82) is 0 Å². The van der Waals surface area contributed by atoms with Crippen LogP contribution < -0.4 is 19.2 Å². The van der Waals surface area contributed by atoms with Crippen molar-refractivity contribution >= 4 is 55.4 Å². The number of hydrogen-bond donors (Lipinski definition) is 1. The summed E-state index contributed by atoms with van der Waals surface area (Å²) in [4.78, 5) is 13.0. The summed E-state index contributed by atoms with van der Waals surface area (Å²) in [6.07, 6.45) is 1.43. The van der Waals surface area contributed by atoms with Gasteiger partial charge in [-0.1, -0.05) is 59.6 Å². The molecule has 0 saturated heterocycles. The summed E-state index contributed by atoms with van der Waals surface area (Å²) in [6.45, 7) is 3.56. The van der Waals surface area contributed by atoms with E-state index in [9.17, 15) is 13.2 Å². The number of anilines is 1. The average molecular weight is 671 g/mol. The SMILES string of the molecule is COc1cc(/C=N\NC(=O)CN(c2ccc(C)cc2C)S(=O)(=O)c2ccccc2)cc(Br)c1OCc1ccc(Cl)cc1. The number of benzene rings is 4. The van der Waals surface area contributed by atoms with Crippen molar-refractivity contribution in [2.45, 2.75) is 25.3 Å². The quantitative estimate of drug-likeness (QED) is 0.142. The van der Waals surface area contributed by atoms with Crippen LogP contribution in [0.15, 0.2) is 99.4 Å². The molecule has 1 amide bonds. The second-order valence-electron chi connectivity index (χ2n) is 9.36. The van der Waals surface area contributed by atoms with Gasteiger partial charge < -0.3 is 9.47 Å². The van der Waals surface area contributed by atoms with Gasteiger partial charge in [-0.05, 0) is 88.9 Å². The number of hydrazone groups is 1. The van der Waals surface area contributed by atoms with Crippen LogP contribution in [-0.2, 0) is 21.4 Å². The number of methoxy groups -OCH3 is 1. The monoisotopic (exact) mass is 669 g/mol. The minimum atomic E-state index is -4.03. The third kappa shape index (κ3) is 7.70. The number of amides is 1. The molecule has 0 aliphatic heterocycles. The Morgan fingerprint density at radius 3 is 2.40 bits per heavy atom. The first kappa shape index (κ1) is 31.1. The summed E-state index contributed by atoms with van der Waals surface area (Å²) in [5.41, 5.74) is 6.09. The maximum Gasteiger partial charge on any atom is 0.264 e. The molecule has 11 heteroatoms. The number of carbonyl (C=O) groups is 1. The largest absolute Gasteiger partial charge is 0.493 e. The molecule has 0 unspecified atom stereocenters. The van der Waals surface area contributed by atoms with Crippen LogP contribution in [0, 0.1) is 13.8 Å². The Morgan fingerprint density at radius 2 is 1.74 bits per heavy atom. The molecule has 0 saturated carbocycles. The Bertz CT molecular complexity index is 1700. The number of ether oxygens (including phenoxy) is 2. The molecule has 0 fully saturated rings.